The van der Waals surface area contributed by atoms with Gasteiger partial charge in [0.1, 0.15) is 0 Å². The molecule has 0 spiro atoms. The van der Waals surface area contributed by atoms with Crippen LogP contribution in [0.3, 0.4) is 0 Å². The number of fused-ring (bicyclic) bond motifs is 1. The van der Waals surface area contributed by atoms with Crippen molar-refractivity contribution in [3.05, 3.63) is 58.5 Å². The van der Waals surface area contributed by atoms with Crippen molar-refractivity contribution in [2.24, 2.45) is 5.92 Å². The second-order valence-electron chi connectivity index (χ2n) is 8.32. The van der Waals surface area contributed by atoms with Gasteiger partial charge in [0, 0.05) is 36.6 Å². The highest BCUT2D eigenvalue weighted by Gasteiger charge is 2.32. The predicted octanol–water partition coefficient (Wildman–Crippen LogP) is 4.14. The molecule has 2 aromatic carbocycles. The van der Waals surface area contributed by atoms with Gasteiger partial charge in [-0.05, 0) is 61.9 Å². The molecular formula is C24H29N3O3S2. The third-order valence-electron chi connectivity index (χ3n) is 5.97. The van der Waals surface area contributed by atoms with Crippen LogP contribution in [0.5, 0.6) is 0 Å². The van der Waals surface area contributed by atoms with Gasteiger partial charge in [-0.25, -0.2) is 13.4 Å². The normalized spacial score (nSPS) is 15.8. The Morgan fingerprint density at radius 3 is 2.59 bits per heavy atom. The number of nitrogens with zero attached hydrogens (tertiary/aromatic N) is 2. The smallest absolute Gasteiger partial charge is 0.243 e. The zero-order valence-corrected chi connectivity index (χ0v) is 19.9. The third kappa shape index (κ3) is 5.36. The molecule has 3 aromatic rings. The summed E-state index contributed by atoms with van der Waals surface area (Å²) in [6.45, 7) is 3.39. The molecule has 4 rings (SSSR count). The Kier molecular flexibility index (Phi) is 7.23. The highest BCUT2D eigenvalue weighted by Crippen LogP contribution is 2.26. The van der Waals surface area contributed by atoms with E-state index in [0.717, 1.165) is 40.7 Å². The van der Waals surface area contributed by atoms with Gasteiger partial charge < -0.3 is 5.32 Å². The highest BCUT2D eigenvalue weighted by molar-refractivity contribution is 7.89. The third-order valence-corrected chi connectivity index (χ3v) is 8.89. The summed E-state index contributed by atoms with van der Waals surface area (Å²) in [5.74, 6) is -0.0856. The van der Waals surface area contributed by atoms with Crippen molar-refractivity contribution in [3.8, 4) is 0 Å². The molecule has 2 heterocycles. The summed E-state index contributed by atoms with van der Waals surface area (Å²) < 4.78 is 27.7. The van der Waals surface area contributed by atoms with Crippen LogP contribution in [-0.2, 0) is 21.2 Å². The van der Waals surface area contributed by atoms with E-state index >= 15 is 0 Å². The minimum atomic E-state index is -3.55. The molecule has 1 aromatic heterocycles. The lowest BCUT2D eigenvalue weighted by Gasteiger charge is -2.30. The van der Waals surface area contributed by atoms with Gasteiger partial charge in [-0.1, -0.05) is 30.3 Å². The van der Waals surface area contributed by atoms with E-state index in [4.69, 9.17) is 0 Å². The number of aryl methyl sites for hydroxylation is 2. The molecule has 32 heavy (non-hydrogen) atoms. The van der Waals surface area contributed by atoms with Crippen molar-refractivity contribution in [3.63, 3.8) is 0 Å². The number of carbonyl (C=O) groups is 1. The molecule has 170 valence electrons. The number of rotatable bonds is 8. The van der Waals surface area contributed by atoms with Crippen molar-refractivity contribution >= 4 is 38.0 Å². The van der Waals surface area contributed by atoms with Gasteiger partial charge in [-0.2, -0.15) is 4.31 Å². The van der Waals surface area contributed by atoms with E-state index in [9.17, 15) is 13.2 Å². The zero-order valence-electron chi connectivity index (χ0n) is 18.3. The minimum absolute atomic E-state index is 0.0397. The van der Waals surface area contributed by atoms with Crippen LogP contribution in [0.4, 0.5) is 0 Å². The van der Waals surface area contributed by atoms with Gasteiger partial charge in [0.05, 0.1) is 9.90 Å². The maximum absolute atomic E-state index is 13.1. The second-order valence-corrected chi connectivity index (χ2v) is 11.2. The zero-order chi connectivity index (χ0) is 22.6. The van der Waals surface area contributed by atoms with E-state index in [1.54, 1.807) is 23.5 Å². The van der Waals surface area contributed by atoms with Crippen LogP contribution in [0.1, 0.15) is 36.4 Å². The average Bonchev–Trinajstić information content (AvgIpc) is 3.23. The maximum Gasteiger partial charge on any atom is 0.243 e. The van der Waals surface area contributed by atoms with Crippen molar-refractivity contribution < 1.29 is 13.2 Å². The summed E-state index contributed by atoms with van der Waals surface area (Å²) in [4.78, 5) is 17.3. The summed E-state index contributed by atoms with van der Waals surface area (Å²) in [6.07, 6.45) is 3.96. The van der Waals surface area contributed by atoms with Crippen LogP contribution in [0.15, 0.2) is 52.7 Å². The summed E-state index contributed by atoms with van der Waals surface area (Å²) >= 11 is 1.69. The molecule has 1 aliphatic heterocycles. The molecular weight excluding hydrogens is 442 g/mol. The Morgan fingerprint density at radius 2 is 1.88 bits per heavy atom. The average molecular weight is 472 g/mol. The number of nitrogens with one attached hydrogen (secondary N) is 1. The van der Waals surface area contributed by atoms with E-state index in [-0.39, 0.29) is 11.8 Å². The Labute approximate surface area is 193 Å². The first-order valence-corrected chi connectivity index (χ1v) is 13.4. The van der Waals surface area contributed by atoms with Gasteiger partial charge in [0.2, 0.25) is 15.9 Å². The van der Waals surface area contributed by atoms with Crippen LogP contribution >= 0.6 is 11.3 Å². The van der Waals surface area contributed by atoms with Gasteiger partial charge in [0.15, 0.2) is 0 Å². The lowest BCUT2D eigenvalue weighted by atomic mass is 9.97. The van der Waals surface area contributed by atoms with Crippen LogP contribution in [0.25, 0.3) is 10.8 Å². The van der Waals surface area contributed by atoms with Gasteiger partial charge in [0.25, 0.3) is 0 Å². The Morgan fingerprint density at radius 1 is 1.12 bits per heavy atom. The summed E-state index contributed by atoms with van der Waals surface area (Å²) in [7, 11) is -3.55. The number of aromatic nitrogens is 1. The van der Waals surface area contributed by atoms with Gasteiger partial charge in [-0.3, -0.25) is 4.79 Å². The first-order valence-electron chi connectivity index (χ1n) is 11.1. The quantitative estimate of drug-likeness (QED) is 0.501. The number of hydrogen-bond donors (Lipinski definition) is 1. The van der Waals surface area contributed by atoms with Crippen LogP contribution in [0, 0.1) is 12.8 Å². The fourth-order valence-corrected chi connectivity index (χ4v) is 6.43. The van der Waals surface area contributed by atoms with Crippen LogP contribution in [0.2, 0.25) is 0 Å². The predicted molar refractivity (Wildman–Crippen MR) is 128 cm³/mol. The highest BCUT2D eigenvalue weighted by atomic mass is 32.2. The van der Waals surface area contributed by atoms with Gasteiger partial charge in [-0.15, -0.1) is 11.3 Å². The second kappa shape index (κ2) is 10.1. The summed E-state index contributed by atoms with van der Waals surface area (Å²) in [6, 6.07) is 13.0. The topological polar surface area (TPSA) is 79.4 Å². The molecule has 1 fully saturated rings. The molecule has 0 aliphatic carbocycles. The molecule has 0 saturated carbocycles. The van der Waals surface area contributed by atoms with Crippen LogP contribution < -0.4 is 5.32 Å². The maximum atomic E-state index is 13.1. The fraction of sp³-hybridized carbons (Fsp3) is 0.417. The monoisotopic (exact) mass is 471 g/mol. The molecule has 8 heteroatoms. The van der Waals surface area contributed by atoms with E-state index in [1.165, 1.54) is 4.31 Å². The number of hydrogen-bond acceptors (Lipinski definition) is 5. The van der Waals surface area contributed by atoms with E-state index in [0.29, 0.717) is 37.4 Å². The standard InChI is InChI=1S/C24H29N3O3S2/c1-18-17-31-23(26-18)8-4-5-13-25-24(28)20-11-14-27(15-12-20)32(29,30)22-10-9-19-6-2-3-7-21(19)16-22/h2-3,6-7,9-10,16-17,20H,4-5,8,11-15H2,1H3,(H,25,28). The number of benzene rings is 2. The lowest BCUT2D eigenvalue weighted by Crippen LogP contribution is -2.43. The molecule has 0 atom stereocenters. The van der Waals surface area contributed by atoms with Crippen molar-refractivity contribution in [2.75, 3.05) is 19.6 Å². The number of thiazole rings is 1. The molecule has 1 aliphatic rings. The van der Waals surface area contributed by atoms with Gasteiger partial charge >= 0.3 is 0 Å². The fourth-order valence-electron chi connectivity index (χ4n) is 4.11. The summed E-state index contributed by atoms with van der Waals surface area (Å²) in [5, 5.41) is 8.16. The molecule has 1 amide bonds. The van der Waals surface area contributed by atoms with E-state index in [1.807, 2.05) is 37.3 Å². The largest absolute Gasteiger partial charge is 0.356 e. The molecule has 0 bridgehead atoms. The van der Waals surface area contributed by atoms with Crippen LogP contribution in [-0.4, -0.2) is 43.2 Å². The van der Waals surface area contributed by atoms with Crippen molar-refractivity contribution in [2.45, 2.75) is 43.9 Å². The number of piperidine rings is 1. The molecule has 1 saturated heterocycles. The van der Waals surface area contributed by atoms with Crippen molar-refractivity contribution in [1.29, 1.82) is 0 Å². The first-order chi connectivity index (χ1) is 15.4. The Hall–Kier alpha value is -2.29. The van der Waals surface area contributed by atoms with Crippen molar-refractivity contribution in [1.82, 2.24) is 14.6 Å². The lowest BCUT2D eigenvalue weighted by molar-refractivity contribution is -0.126. The Bertz CT molecular complexity index is 1180. The molecule has 1 N–H and O–H groups in total. The molecule has 0 radical (unpaired) electrons. The molecule has 0 unspecified atom stereocenters. The Balaban J connectivity index is 1.24. The van der Waals surface area contributed by atoms with E-state index in [2.05, 4.69) is 15.7 Å². The molecule has 6 nitrogen and oxygen atoms in total. The number of sulfonamides is 1. The van der Waals surface area contributed by atoms with E-state index < -0.39 is 10.0 Å². The minimum Gasteiger partial charge on any atom is -0.356 e. The summed E-state index contributed by atoms with van der Waals surface area (Å²) in [5.41, 5.74) is 1.06. The SMILES string of the molecule is Cc1csc(CCCCNC(=O)C2CCN(S(=O)(=O)c3ccc4ccccc4c3)CC2)n1. The number of unbranched alkanes of at least 4 members (excludes halogenated alkanes) is 1. The number of carbonyl (C=O) groups excluding carboxylic acids is 1. The first kappa shape index (κ1) is 22.9. The number of amides is 1.